The first-order valence-electron chi connectivity index (χ1n) is 17.5. The van der Waals surface area contributed by atoms with Gasteiger partial charge in [-0.25, -0.2) is 14.8 Å². The molecule has 1 atom stereocenters. The number of para-hydroxylation sites is 1. The number of anilines is 1. The lowest BCUT2D eigenvalue weighted by Crippen LogP contribution is -2.55. The second-order valence-electron chi connectivity index (χ2n) is 14.0. The number of alkyl halides is 3. The second kappa shape index (κ2) is 13.4. The lowest BCUT2D eigenvalue weighted by molar-refractivity contribution is -0.141. The third-order valence-electron chi connectivity index (χ3n) is 10.4. The molecule has 0 radical (unpaired) electrons. The van der Waals surface area contributed by atoms with Crippen molar-refractivity contribution in [3.63, 3.8) is 0 Å². The average molecular weight is 732 g/mol. The monoisotopic (exact) mass is 731 g/mol. The van der Waals surface area contributed by atoms with Gasteiger partial charge in [-0.05, 0) is 68.4 Å². The van der Waals surface area contributed by atoms with Gasteiger partial charge in [0.15, 0.2) is 0 Å². The number of amides is 3. The summed E-state index contributed by atoms with van der Waals surface area (Å²) in [6.07, 6.45) is 3.14. The molecule has 1 aromatic carbocycles. The first-order chi connectivity index (χ1) is 25.4. The predicted molar refractivity (Wildman–Crippen MR) is 185 cm³/mol. The van der Waals surface area contributed by atoms with E-state index >= 15 is 0 Å². The summed E-state index contributed by atoms with van der Waals surface area (Å²) in [6, 6.07) is 9.70. The minimum atomic E-state index is -4.66. The third-order valence-corrected chi connectivity index (χ3v) is 10.4. The number of imide groups is 1. The van der Waals surface area contributed by atoms with Gasteiger partial charge in [0.05, 0.1) is 17.8 Å². The molecule has 3 fully saturated rings. The Morgan fingerprint density at radius 3 is 2.57 bits per heavy atom. The number of carbonyl (C=O) groups is 3. The van der Waals surface area contributed by atoms with Crippen molar-refractivity contribution in [2.45, 2.75) is 62.9 Å². The molecule has 3 amide bonds. The van der Waals surface area contributed by atoms with Crippen LogP contribution in [-0.2, 0) is 22.8 Å². The summed E-state index contributed by atoms with van der Waals surface area (Å²) < 4.78 is 50.4. The van der Waals surface area contributed by atoms with E-state index in [1.807, 2.05) is 23.0 Å². The fourth-order valence-corrected chi connectivity index (χ4v) is 7.71. The molecule has 1 saturated carbocycles. The van der Waals surface area contributed by atoms with E-state index in [9.17, 15) is 32.3 Å². The average Bonchev–Trinajstić information content (AvgIpc) is 3.65. The van der Waals surface area contributed by atoms with E-state index in [-0.39, 0.29) is 48.1 Å². The van der Waals surface area contributed by atoms with Gasteiger partial charge in [-0.15, -0.1) is 0 Å². The third kappa shape index (κ3) is 6.76. The number of piperidine rings is 1. The van der Waals surface area contributed by atoms with Crippen molar-refractivity contribution < 1.29 is 32.3 Å². The van der Waals surface area contributed by atoms with Crippen molar-refractivity contribution in [3.05, 3.63) is 76.7 Å². The number of hydrogen-bond donors (Lipinski definition) is 2. The number of halogens is 3. The number of ether oxygens (including phenoxy) is 1. The Labute approximate surface area is 299 Å². The first kappa shape index (κ1) is 34.5. The molecule has 8 rings (SSSR count). The SMILES string of the molecule is Cn1c(=O)n(C2CCC(=O)NC2=O)c2cccc(OC3CN(CC4CCC(n5cc6cc(NC(=O)c7cccc(C(F)(F)F)n7)ncc6n5)CC4)C3)c21. The number of benzene rings is 1. The Morgan fingerprint density at radius 2 is 1.81 bits per heavy atom. The number of nitrogens with one attached hydrogen (secondary N) is 2. The number of rotatable bonds is 8. The molecular formula is C36H36F3N9O5. The Balaban J connectivity index is 0.839. The Morgan fingerprint density at radius 1 is 1.04 bits per heavy atom. The van der Waals surface area contributed by atoms with Crippen LogP contribution in [0.1, 0.15) is 66.8 Å². The van der Waals surface area contributed by atoms with E-state index in [0.717, 1.165) is 62.8 Å². The molecule has 53 heavy (non-hydrogen) atoms. The van der Waals surface area contributed by atoms with Crippen molar-refractivity contribution in [1.29, 1.82) is 0 Å². The molecule has 4 aromatic heterocycles. The van der Waals surface area contributed by atoms with Gasteiger partial charge >= 0.3 is 11.9 Å². The molecule has 2 N–H and O–H groups in total. The Kier molecular flexibility index (Phi) is 8.75. The maximum absolute atomic E-state index is 13.2. The quantitative estimate of drug-likeness (QED) is 0.223. The van der Waals surface area contributed by atoms with Crippen LogP contribution < -0.4 is 21.1 Å². The minimum Gasteiger partial charge on any atom is -0.485 e. The Bertz CT molecular complexity index is 2300. The molecule has 17 heteroatoms. The zero-order chi connectivity index (χ0) is 37.0. The van der Waals surface area contributed by atoms with Crippen molar-refractivity contribution in [2.75, 3.05) is 25.0 Å². The summed E-state index contributed by atoms with van der Waals surface area (Å²) in [7, 11) is 1.66. The molecule has 14 nitrogen and oxygen atoms in total. The summed E-state index contributed by atoms with van der Waals surface area (Å²) in [5.41, 5.74) is 0.0264. The highest BCUT2D eigenvalue weighted by molar-refractivity contribution is 6.03. The summed E-state index contributed by atoms with van der Waals surface area (Å²) in [4.78, 5) is 60.2. The maximum atomic E-state index is 13.2. The zero-order valence-corrected chi connectivity index (χ0v) is 28.7. The summed E-state index contributed by atoms with van der Waals surface area (Å²) >= 11 is 0. The number of aryl methyl sites for hydroxylation is 1. The molecule has 2 aliphatic heterocycles. The van der Waals surface area contributed by atoms with E-state index in [4.69, 9.17) is 9.84 Å². The van der Waals surface area contributed by atoms with Crippen LogP contribution in [0.3, 0.4) is 0 Å². The van der Waals surface area contributed by atoms with Gasteiger partial charge in [0.1, 0.15) is 46.1 Å². The van der Waals surface area contributed by atoms with Crippen LogP contribution in [0.5, 0.6) is 5.75 Å². The number of pyridine rings is 2. The van der Waals surface area contributed by atoms with Crippen molar-refractivity contribution >= 4 is 45.5 Å². The molecular weight excluding hydrogens is 695 g/mol. The Hall–Kier alpha value is -5.58. The van der Waals surface area contributed by atoms with Gasteiger partial charge in [0.25, 0.3) is 5.91 Å². The highest BCUT2D eigenvalue weighted by Gasteiger charge is 2.35. The van der Waals surface area contributed by atoms with Gasteiger partial charge < -0.3 is 10.1 Å². The van der Waals surface area contributed by atoms with Gasteiger partial charge in [-0.2, -0.15) is 18.3 Å². The normalized spacial score (nSPS) is 21.5. The molecule has 6 heterocycles. The van der Waals surface area contributed by atoms with Gasteiger partial charge in [0, 0.05) is 44.7 Å². The van der Waals surface area contributed by atoms with Crippen molar-refractivity contribution in [3.8, 4) is 5.75 Å². The highest BCUT2D eigenvalue weighted by Crippen LogP contribution is 2.35. The number of likely N-dealkylation sites (tertiary alicyclic amines) is 1. The molecule has 1 unspecified atom stereocenters. The number of fused-ring (bicyclic) bond motifs is 2. The molecule has 0 spiro atoms. The number of carbonyl (C=O) groups excluding carboxylic acids is 3. The molecule has 1 aliphatic carbocycles. The summed E-state index contributed by atoms with van der Waals surface area (Å²) in [5, 5.41) is 10.3. The van der Waals surface area contributed by atoms with E-state index in [2.05, 4.69) is 25.5 Å². The number of aromatic nitrogens is 6. The van der Waals surface area contributed by atoms with Gasteiger partial charge in [-0.3, -0.25) is 38.4 Å². The van der Waals surface area contributed by atoms with Crippen LogP contribution in [0.2, 0.25) is 0 Å². The summed E-state index contributed by atoms with van der Waals surface area (Å²) in [6.45, 7) is 2.48. The largest absolute Gasteiger partial charge is 0.485 e. The lowest BCUT2D eigenvalue weighted by Gasteiger charge is -2.42. The molecule has 5 aromatic rings. The highest BCUT2D eigenvalue weighted by atomic mass is 19.4. The molecule has 276 valence electrons. The van der Waals surface area contributed by atoms with Gasteiger partial charge in [-0.1, -0.05) is 12.1 Å². The topological polar surface area (TPSA) is 158 Å². The van der Waals surface area contributed by atoms with Crippen LogP contribution >= 0.6 is 0 Å². The van der Waals surface area contributed by atoms with Crippen LogP contribution in [-0.4, -0.2) is 77.2 Å². The fourth-order valence-electron chi connectivity index (χ4n) is 7.71. The van der Waals surface area contributed by atoms with E-state index in [1.165, 1.54) is 21.4 Å². The van der Waals surface area contributed by atoms with Crippen LogP contribution in [0.15, 0.2) is 59.7 Å². The molecule has 0 bridgehead atoms. The van der Waals surface area contributed by atoms with Crippen LogP contribution in [0.4, 0.5) is 19.0 Å². The van der Waals surface area contributed by atoms with E-state index in [1.54, 1.807) is 19.2 Å². The number of imidazole rings is 1. The van der Waals surface area contributed by atoms with Crippen LogP contribution in [0.25, 0.3) is 21.9 Å². The predicted octanol–water partition coefficient (Wildman–Crippen LogP) is 4.22. The summed E-state index contributed by atoms with van der Waals surface area (Å²) in [5.74, 6) is -0.303. The van der Waals surface area contributed by atoms with Crippen molar-refractivity contribution in [1.82, 2.24) is 39.1 Å². The van der Waals surface area contributed by atoms with E-state index < -0.39 is 29.7 Å². The number of hydrogen-bond acceptors (Lipinski definition) is 9. The smallest absolute Gasteiger partial charge is 0.433 e. The standard InChI is InChI=1S/C36H36F3N9O5/c1-45-32-26(48(35(45)52)27-12-13-31(49)43-34(27)51)5-3-6-28(32)53-23-18-46(19-23)16-20-8-10-22(11-9-20)47-17-21-14-30(40-15-25(21)44-47)42-33(50)24-4-2-7-29(41-24)36(37,38)39/h2-7,14-15,17,20,22-23,27H,8-13,16,18-19H2,1H3,(H,42,50)(H,43,49,51). The first-order valence-corrected chi connectivity index (χ1v) is 17.5. The molecule has 3 aliphatic rings. The number of nitrogens with zero attached hydrogens (tertiary/aromatic N) is 7. The minimum absolute atomic E-state index is 0.0351. The molecule has 2 saturated heterocycles. The second-order valence-corrected chi connectivity index (χ2v) is 14.0. The van der Waals surface area contributed by atoms with Gasteiger partial charge in [0.2, 0.25) is 11.8 Å². The fraction of sp³-hybridized carbons (Fsp3) is 0.417. The van der Waals surface area contributed by atoms with E-state index in [0.29, 0.717) is 28.2 Å². The van der Waals surface area contributed by atoms with Crippen molar-refractivity contribution in [2.24, 2.45) is 13.0 Å². The zero-order valence-electron chi connectivity index (χ0n) is 28.7. The lowest BCUT2D eigenvalue weighted by atomic mass is 9.85. The van der Waals surface area contributed by atoms with Crippen LogP contribution in [0, 0.1) is 5.92 Å². The maximum Gasteiger partial charge on any atom is 0.433 e.